The molecule has 1 aliphatic heterocycles. The van der Waals surface area contributed by atoms with Crippen molar-refractivity contribution in [1.82, 2.24) is 10.2 Å². The second-order valence-corrected chi connectivity index (χ2v) is 4.40. The minimum absolute atomic E-state index is 0.00385. The minimum Gasteiger partial charge on any atom is -0.356 e. The van der Waals surface area contributed by atoms with E-state index in [2.05, 4.69) is 5.32 Å². The fourth-order valence-electron chi connectivity index (χ4n) is 2.21. The molecular weight excluding hydrogens is 228 g/mol. The van der Waals surface area contributed by atoms with Crippen LogP contribution < -0.4 is 5.32 Å². The van der Waals surface area contributed by atoms with Gasteiger partial charge >= 0.3 is 0 Å². The number of nitrogens with zero attached hydrogens (tertiary/aromatic N) is 1. The summed E-state index contributed by atoms with van der Waals surface area (Å²) in [6, 6.07) is 7.69. The van der Waals surface area contributed by atoms with Crippen LogP contribution in [0.4, 0.5) is 0 Å². The molecule has 1 aromatic rings. The van der Waals surface area contributed by atoms with Crippen molar-refractivity contribution in [2.45, 2.75) is 19.8 Å². The van der Waals surface area contributed by atoms with Gasteiger partial charge in [-0.2, -0.15) is 0 Å². The molecule has 0 saturated heterocycles. The van der Waals surface area contributed by atoms with Crippen molar-refractivity contribution in [2.75, 3.05) is 19.6 Å². The average molecular weight is 246 g/mol. The second kappa shape index (κ2) is 5.67. The van der Waals surface area contributed by atoms with Crippen LogP contribution in [0.2, 0.25) is 0 Å². The van der Waals surface area contributed by atoms with Crippen molar-refractivity contribution in [3.05, 3.63) is 35.4 Å². The molecule has 4 heteroatoms. The Morgan fingerprint density at radius 2 is 2.17 bits per heavy atom. The molecule has 0 radical (unpaired) electrons. The highest BCUT2D eigenvalue weighted by molar-refractivity contribution is 5.96. The van der Waals surface area contributed by atoms with Gasteiger partial charge in [-0.05, 0) is 25.0 Å². The first kappa shape index (κ1) is 12.6. The summed E-state index contributed by atoms with van der Waals surface area (Å²) in [6.07, 6.45) is 1.25. The molecule has 1 aliphatic rings. The zero-order valence-electron chi connectivity index (χ0n) is 10.6. The third kappa shape index (κ3) is 2.70. The Morgan fingerprint density at radius 3 is 2.94 bits per heavy atom. The van der Waals surface area contributed by atoms with Crippen molar-refractivity contribution in [3.63, 3.8) is 0 Å². The highest BCUT2D eigenvalue weighted by Gasteiger charge is 2.23. The van der Waals surface area contributed by atoms with E-state index in [0.29, 0.717) is 26.1 Å². The van der Waals surface area contributed by atoms with Crippen LogP contribution in [0.15, 0.2) is 24.3 Å². The van der Waals surface area contributed by atoms with Gasteiger partial charge < -0.3 is 10.2 Å². The number of amides is 2. The quantitative estimate of drug-likeness (QED) is 0.868. The maximum atomic E-state index is 12.2. The number of carbonyl (C=O) groups is 2. The molecule has 2 rings (SSSR count). The first-order chi connectivity index (χ1) is 8.72. The predicted molar refractivity (Wildman–Crippen MR) is 69.4 cm³/mol. The van der Waals surface area contributed by atoms with Crippen molar-refractivity contribution >= 4 is 11.8 Å². The van der Waals surface area contributed by atoms with Gasteiger partial charge in [-0.15, -0.1) is 0 Å². The summed E-state index contributed by atoms with van der Waals surface area (Å²) < 4.78 is 0. The minimum atomic E-state index is 0.00385. The second-order valence-electron chi connectivity index (χ2n) is 4.40. The summed E-state index contributed by atoms with van der Waals surface area (Å²) in [5.41, 5.74) is 1.89. The van der Waals surface area contributed by atoms with E-state index in [0.717, 1.165) is 17.5 Å². The van der Waals surface area contributed by atoms with Crippen molar-refractivity contribution < 1.29 is 9.59 Å². The largest absolute Gasteiger partial charge is 0.356 e. The molecule has 0 aliphatic carbocycles. The van der Waals surface area contributed by atoms with Gasteiger partial charge in [-0.1, -0.05) is 18.2 Å². The first-order valence-electron chi connectivity index (χ1n) is 6.36. The third-order valence-electron chi connectivity index (χ3n) is 3.17. The fourth-order valence-corrected chi connectivity index (χ4v) is 2.21. The SMILES string of the molecule is CCNC(=O)CCN1CCc2ccccc2C1=O. The van der Waals surface area contributed by atoms with Gasteiger partial charge in [0.25, 0.3) is 5.91 Å². The van der Waals surface area contributed by atoms with Crippen molar-refractivity contribution in [2.24, 2.45) is 0 Å². The molecule has 0 aromatic heterocycles. The summed E-state index contributed by atoms with van der Waals surface area (Å²) in [5, 5.41) is 2.74. The van der Waals surface area contributed by atoms with E-state index in [4.69, 9.17) is 0 Å². The Labute approximate surface area is 107 Å². The standard InChI is InChI=1S/C14H18N2O2/c1-2-15-13(17)8-10-16-9-7-11-5-3-4-6-12(11)14(16)18/h3-6H,2,7-10H2,1H3,(H,15,17). The van der Waals surface area contributed by atoms with E-state index in [1.807, 2.05) is 31.2 Å². The lowest BCUT2D eigenvalue weighted by Crippen LogP contribution is -2.39. The molecular formula is C14H18N2O2. The molecule has 0 fully saturated rings. The van der Waals surface area contributed by atoms with E-state index in [9.17, 15) is 9.59 Å². The Kier molecular flexibility index (Phi) is 3.97. The van der Waals surface area contributed by atoms with Crippen LogP contribution in [0, 0.1) is 0 Å². The zero-order chi connectivity index (χ0) is 13.0. The van der Waals surface area contributed by atoms with E-state index >= 15 is 0 Å². The molecule has 1 N–H and O–H groups in total. The van der Waals surface area contributed by atoms with Crippen LogP contribution >= 0.6 is 0 Å². The Hall–Kier alpha value is -1.84. The predicted octanol–water partition coefficient (Wildman–Crippen LogP) is 1.21. The summed E-state index contributed by atoms with van der Waals surface area (Å²) >= 11 is 0. The molecule has 18 heavy (non-hydrogen) atoms. The maximum Gasteiger partial charge on any atom is 0.254 e. The summed E-state index contributed by atoms with van der Waals surface area (Å²) in [5.74, 6) is 0.0466. The van der Waals surface area contributed by atoms with Gasteiger partial charge in [0.1, 0.15) is 0 Å². The highest BCUT2D eigenvalue weighted by Crippen LogP contribution is 2.18. The Bertz CT molecular complexity index is 457. The van der Waals surface area contributed by atoms with Crippen LogP contribution in [0.3, 0.4) is 0 Å². The number of hydrogen-bond donors (Lipinski definition) is 1. The average Bonchev–Trinajstić information content (AvgIpc) is 2.39. The lowest BCUT2D eigenvalue weighted by Gasteiger charge is -2.28. The van der Waals surface area contributed by atoms with Crippen LogP contribution in [0.5, 0.6) is 0 Å². The van der Waals surface area contributed by atoms with E-state index in [1.165, 1.54) is 0 Å². The van der Waals surface area contributed by atoms with E-state index < -0.39 is 0 Å². The Morgan fingerprint density at radius 1 is 1.39 bits per heavy atom. The molecule has 0 unspecified atom stereocenters. The summed E-state index contributed by atoms with van der Waals surface area (Å²) in [6.45, 7) is 3.73. The molecule has 0 spiro atoms. The van der Waals surface area contributed by atoms with Crippen molar-refractivity contribution in [1.29, 1.82) is 0 Å². The van der Waals surface area contributed by atoms with Crippen molar-refractivity contribution in [3.8, 4) is 0 Å². The van der Waals surface area contributed by atoms with E-state index in [1.54, 1.807) is 4.90 Å². The third-order valence-corrected chi connectivity index (χ3v) is 3.17. The lowest BCUT2D eigenvalue weighted by atomic mass is 9.99. The number of benzene rings is 1. The van der Waals surface area contributed by atoms with Gasteiger partial charge in [0.2, 0.25) is 5.91 Å². The molecule has 96 valence electrons. The smallest absolute Gasteiger partial charge is 0.254 e. The van der Waals surface area contributed by atoms with Crippen LogP contribution in [-0.2, 0) is 11.2 Å². The molecule has 0 atom stereocenters. The number of rotatable bonds is 4. The number of fused-ring (bicyclic) bond motifs is 1. The molecule has 2 amide bonds. The molecule has 0 bridgehead atoms. The lowest BCUT2D eigenvalue weighted by molar-refractivity contribution is -0.121. The molecule has 1 aromatic carbocycles. The van der Waals surface area contributed by atoms with Gasteiger partial charge in [0, 0.05) is 31.6 Å². The zero-order valence-corrected chi connectivity index (χ0v) is 10.6. The highest BCUT2D eigenvalue weighted by atomic mass is 16.2. The maximum absolute atomic E-state index is 12.2. The summed E-state index contributed by atoms with van der Waals surface area (Å²) in [4.78, 5) is 25.3. The fraction of sp³-hybridized carbons (Fsp3) is 0.429. The molecule has 0 saturated carbocycles. The summed E-state index contributed by atoms with van der Waals surface area (Å²) in [7, 11) is 0. The number of nitrogens with one attached hydrogen (secondary N) is 1. The topological polar surface area (TPSA) is 49.4 Å². The molecule has 1 heterocycles. The number of carbonyl (C=O) groups excluding carboxylic acids is 2. The Balaban J connectivity index is 1.97. The van der Waals surface area contributed by atoms with Crippen LogP contribution in [0.25, 0.3) is 0 Å². The van der Waals surface area contributed by atoms with Crippen LogP contribution in [0.1, 0.15) is 29.3 Å². The monoisotopic (exact) mass is 246 g/mol. The molecule has 4 nitrogen and oxygen atoms in total. The van der Waals surface area contributed by atoms with Gasteiger partial charge in [-0.3, -0.25) is 9.59 Å². The van der Waals surface area contributed by atoms with E-state index in [-0.39, 0.29) is 11.8 Å². The van der Waals surface area contributed by atoms with Crippen LogP contribution in [-0.4, -0.2) is 36.3 Å². The van der Waals surface area contributed by atoms with Gasteiger partial charge in [-0.25, -0.2) is 0 Å². The van der Waals surface area contributed by atoms with Gasteiger partial charge in [0.05, 0.1) is 0 Å². The first-order valence-corrected chi connectivity index (χ1v) is 6.36. The number of hydrogen-bond acceptors (Lipinski definition) is 2. The van der Waals surface area contributed by atoms with Gasteiger partial charge in [0.15, 0.2) is 0 Å². The normalized spacial score (nSPS) is 14.3.